The third-order valence-corrected chi connectivity index (χ3v) is 8.45. The van der Waals surface area contributed by atoms with E-state index >= 15 is 0 Å². The second-order valence-corrected chi connectivity index (χ2v) is 11.6. The summed E-state index contributed by atoms with van der Waals surface area (Å²) in [5.74, 6) is 0. The van der Waals surface area contributed by atoms with Crippen LogP contribution in [0.15, 0.2) is 0 Å². The standard InChI is InChI=1S/C8H23NO2Si2/c1-7-10-12(3,4)9-13(5,6)11-8-2/h9H,7-8H2,1-6H3. The predicted octanol–water partition coefficient (Wildman–Crippen LogP) is 2.05. The SMILES string of the molecule is CCO[Si](C)(C)N[Si](C)(C)OCC. The monoisotopic (exact) mass is 221 g/mol. The Morgan fingerprint density at radius 3 is 1.38 bits per heavy atom. The molecule has 0 rings (SSSR count). The van der Waals surface area contributed by atoms with E-state index in [0.29, 0.717) is 0 Å². The molecule has 5 heteroatoms. The third kappa shape index (κ3) is 6.39. The summed E-state index contributed by atoms with van der Waals surface area (Å²) in [6.07, 6.45) is 0. The number of rotatable bonds is 6. The zero-order valence-electron chi connectivity index (χ0n) is 9.73. The molecule has 0 heterocycles. The first kappa shape index (κ1) is 13.3. The average molecular weight is 221 g/mol. The largest absolute Gasteiger partial charge is 0.404 e. The maximum atomic E-state index is 5.69. The molecule has 3 nitrogen and oxygen atoms in total. The van der Waals surface area contributed by atoms with E-state index in [9.17, 15) is 0 Å². The normalized spacial score (nSPS) is 13.4. The number of hydrogen-bond acceptors (Lipinski definition) is 3. The molecule has 0 atom stereocenters. The highest BCUT2D eigenvalue weighted by molar-refractivity contribution is 6.85. The minimum atomic E-state index is -1.69. The van der Waals surface area contributed by atoms with Crippen molar-refractivity contribution in [2.45, 2.75) is 40.0 Å². The van der Waals surface area contributed by atoms with E-state index < -0.39 is 17.0 Å². The summed E-state index contributed by atoms with van der Waals surface area (Å²) in [6, 6.07) is 0. The van der Waals surface area contributed by atoms with E-state index in [-0.39, 0.29) is 0 Å². The minimum absolute atomic E-state index is 0.781. The average Bonchev–Trinajstić information content (AvgIpc) is 1.82. The van der Waals surface area contributed by atoms with Gasteiger partial charge in [0.2, 0.25) is 0 Å². The number of hydrogen-bond donors (Lipinski definition) is 1. The van der Waals surface area contributed by atoms with Gasteiger partial charge in [0, 0.05) is 13.2 Å². The van der Waals surface area contributed by atoms with E-state index in [2.05, 4.69) is 30.8 Å². The van der Waals surface area contributed by atoms with Gasteiger partial charge < -0.3 is 13.5 Å². The highest BCUT2D eigenvalue weighted by atomic mass is 28.4. The van der Waals surface area contributed by atoms with Crippen LogP contribution in [-0.4, -0.2) is 30.2 Å². The molecule has 13 heavy (non-hydrogen) atoms. The van der Waals surface area contributed by atoms with E-state index in [0.717, 1.165) is 13.2 Å². The molecule has 0 aliphatic rings. The van der Waals surface area contributed by atoms with Gasteiger partial charge in [-0.05, 0) is 40.0 Å². The van der Waals surface area contributed by atoms with Crippen LogP contribution in [0.4, 0.5) is 0 Å². The van der Waals surface area contributed by atoms with Gasteiger partial charge in [0.1, 0.15) is 0 Å². The summed E-state index contributed by atoms with van der Waals surface area (Å²) in [6.45, 7) is 14.3. The molecule has 0 aromatic carbocycles. The molecule has 0 saturated carbocycles. The fourth-order valence-electron chi connectivity index (χ4n) is 1.52. The molecule has 0 spiro atoms. The Labute approximate surface area is 84.2 Å². The maximum Gasteiger partial charge on any atom is 0.257 e. The molecule has 0 radical (unpaired) electrons. The van der Waals surface area contributed by atoms with Crippen molar-refractivity contribution >= 4 is 17.0 Å². The fourth-order valence-corrected chi connectivity index (χ4v) is 9.34. The van der Waals surface area contributed by atoms with Crippen molar-refractivity contribution in [2.24, 2.45) is 0 Å². The summed E-state index contributed by atoms with van der Waals surface area (Å²) < 4.78 is 15.0. The lowest BCUT2D eigenvalue weighted by atomic mass is 10.9. The van der Waals surface area contributed by atoms with Crippen molar-refractivity contribution in [3.8, 4) is 0 Å². The van der Waals surface area contributed by atoms with Crippen LogP contribution in [0.25, 0.3) is 0 Å². The molecule has 1 N–H and O–H groups in total. The highest BCUT2D eigenvalue weighted by Gasteiger charge is 2.33. The zero-order valence-corrected chi connectivity index (χ0v) is 11.7. The summed E-state index contributed by atoms with van der Waals surface area (Å²) in [5, 5.41) is 0. The summed E-state index contributed by atoms with van der Waals surface area (Å²) >= 11 is 0. The highest BCUT2D eigenvalue weighted by Crippen LogP contribution is 2.07. The molecule has 80 valence electrons. The molecule has 0 aliphatic heterocycles. The topological polar surface area (TPSA) is 30.5 Å². The van der Waals surface area contributed by atoms with Crippen LogP contribution < -0.4 is 4.65 Å². The lowest BCUT2D eigenvalue weighted by Gasteiger charge is -2.32. The Hall–Kier alpha value is 0.314. The van der Waals surface area contributed by atoms with Gasteiger partial charge in [-0.3, -0.25) is 0 Å². The summed E-state index contributed by atoms with van der Waals surface area (Å²) in [4.78, 5) is 0. The van der Waals surface area contributed by atoms with Crippen molar-refractivity contribution < 1.29 is 8.85 Å². The zero-order chi connectivity index (χ0) is 10.5. The van der Waals surface area contributed by atoms with Crippen LogP contribution in [0.5, 0.6) is 0 Å². The maximum absolute atomic E-state index is 5.69. The van der Waals surface area contributed by atoms with E-state index in [1.54, 1.807) is 0 Å². The van der Waals surface area contributed by atoms with Crippen LogP contribution in [-0.2, 0) is 8.85 Å². The van der Waals surface area contributed by atoms with E-state index in [1.807, 2.05) is 13.8 Å². The molecule has 0 unspecified atom stereocenters. The van der Waals surface area contributed by atoms with Gasteiger partial charge in [-0.2, -0.15) is 0 Å². The van der Waals surface area contributed by atoms with Crippen LogP contribution >= 0.6 is 0 Å². The second kappa shape index (κ2) is 5.26. The Morgan fingerprint density at radius 2 is 1.15 bits per heavy atom. The van der Waals surface area contributed by atoms with Crippen molar-refractivity contribution in [2.75, 3.05) is 13.2 Å². The quantitative estimate of drug-likeness (QED) is 0.697. The third-order valence-electron chi connectivity index (χ3n) is 1.61. The molecule has 0 aromatic rings. The van der Waals surface area contributed by atoms with Gasteiger partial charge >= 0.3 is 0 Å². The summed E-state index contributed by atoms with van der Waals surface area (Å²) in [5.41, 5.74) is 0. The molecule has 0 fully saturated rings. The van der Waals surface area contributed by atoms with E-state index in [1.165, 1.54) is 0 Å². The Bertz CT molecular complexity index is 135. The predicted molar refractivity (Wildman–Crippen MR) is 61.4 cm³/mol. The molecule has 0 aromatic heterocycles. The van der Waals surface area contributed by atoms with Gasteiger partial charge in [0.05, 0.1) is 0 Å². The van der Waals surface area contributed by atoms with Crippen LogP contribution in [0.3, 0.4) is 0 Å². The second-order valence-electron chi connectivity index (χ2n) is 4.01. The van der Waals surface area contributed by atoms with Crippen molar-refractivity contribution in [3.05, 3.63) is 0 Å². The molecule has 0 aliphatic carbocycles. The first-order valence-electron chi connectivity index (χ1n) is 4.90. The van der Waals surface area contributed by atoms with Gasteiger partial charge in [-0.25, -0.2) is 0 Å². The molecular weight excluding hydrogens is 198 g/mol. The molecule has 0 bridgehead atoms. The lowest BCUT2D eigenvalue weighted by Crippen LogP contribution is -2.62. The van der Waals surface area contributed by atoms with Crippen LogP contribution in [0.2, 0.25) is 26.2 Å². The van der Waals surface area contributed by atoms with E-state index in [4.69, 9.17) is 8.85 Å². The first-order valence-corrected chi connectivity index (χ1v) is 10.7. The summed E-state index contributed by atoms with van der Waals surface area (Å²) in [7, 11) is -3.38. The molecule has 0 amide bonds. The van der Waals surface area contributed by atoms with Crippen LogP contribution in [0, 0.1) is 0 Å². The number of nitrogens with one attached hydrogen (secondary N) is 1. The van der Waals surface area contributed by atoms with Crippen molar-refractivity contribution in [1.29, 1.82) is 0 Å². The first-order chi connectivity index (χ1) is 5.83. The van der Waals surface area contributed by atoms with Gasteiger partial charge in [0.25, 0.3) is 17.0 Å². The molecule has 0 saturated heterocycles. The Kier molecular flexibility index (Phi) is 5.38. The Morgan fingerprint density at radius 1 is 0.846 bits per heavy atom. The van der Waals surface area contributed by atoms with Gasteiger partial charge in [-0.1, -0.05) is 0 Å². The van der Waals surface area contributed by atoms with Crippen molar-refractivity contribution in [1.82, 2.24) is 4.65 Å². The Balaban J connectivity index is 4.07. The lowest BCUT2D eigenvalue weighted by molar-refractivity contribution is 0.304. The molecular formula is C8H23NO2Si2. The smallest absolute Gasteiger partial charge is 0.257 e. The minimum Gasteiger partial charge on any atom is -0.404 e. The van der Waals surface area contributed by atoms with Crippen LogP contribution in [0.1, 0.15) is 13.8 Å². The van der Waals surface area contributed by atoms with Gasteiger partial charge in [0.15, 0.2) is 0 Å². The van der Waals surface area contributed by atoms with Crippen molar-refractivity contribution in [3.63, 3.8) is 0 Å². The van der Waals surface area contributed by atoms with Gasteiger partial charge in [-0.15, -0.1) is 0 Å². The fraction of sp³-hybridized carbons (Fsp3) is 1.00.